The molecule has 4 nitrogen and oxygen atoms in total. The van der Waals surface area contributed by atoms with Crippen molar-refractivity contribution in [1.82, 2.24) is 14.5 Å². The topological polar surface area (TPSA) is 50.9 Å². The van der Waals surface area contributed by atoms with Crippen LogP contribution in [0.2, 0.25) is 0 Å². The molecule has 0 radical (unpaired) electrons. The number of phenols is 1. The summed E-state index contributed by atoms with van der Waals surface area (Å²) in [6, 6.07) is 63.0. The molecule has 0 bridgehead atoms. The van der Waals surface area contributed by atoms with Gasteiger partial charge in [0.2, 0.25) is 0 Å². The van der Waals surface area contributed by atoms with Crippen molar-refractivity contribution in [3.8, 4) is 78.6 Å². The average Bonchev–Trinajstić information content (AvgIpc) is 3.68. The minimum absolute atomic E-state index is 0. The fraction of sp³-hybridized carbons (Fsp3) is 0.158. The van der Waals surface area contributed by atoms with Gasteiger partial charge in [-0.05, 0) is 87.0 Å². The first-order valence-corrected chi connectivity index (χ1v) is 21.2. The van der Waals surface area contributed by atoms with Crippen molar-refractivity contribution in [2.45, 2.75) is 58.8 Å². The fourth-order valence-electron chi connectivity index (χ4n) is 8.14. The van der Waals surface area contributed by atoms with E-state index in [0.717, 1.165) is 67.8 Å². The van der Waals surface area contributed by atoms with Crippen molar-refractivity contribution in [1.29, 1.82) is 0 Å². The van der Waals surface area contributed by atoms with Crippen LogP contribution >= 0.6 is 0 Å². The maximum Gasteiger partial charge on any atom is 0.148 e. The third kappa shape index (κ3) is 8.20. The number of benzene rings is 7. The first-order chi connectivity index (χ1) is 29.5. The van der Waals surface area contributed by atoms with Crippen molar-refractivity contribution in [2.24, 2.45) is 0 Å². The van der Waals surface area contributed by atoms with E-state index in [9.17, 15) is 5.11 Å². The van der Waals surface area contributed by atoms with Crippen LogP contribution in [0.3, 0.4) is 0 Å². The molecule has 0 saturated heterocycles. The summed E-state index contributed by atoms with van der Waals surface area (Å²) in [6.07, 6.45) is 2.90. The van der Waals surface area contributed by atoms with Gasteiger partial charge in [0, 0.05) is 38.5 Å². The first-order valence-electron chi connectivity index (χ1n) is 21.2. The van der Waals surface area contributed by atoms with E-state index in [4.69, 9.17) is 9.97 Å². The number of hydrogen-bond donors (Lipinski definition) is 1. The Labute approximate surface area is 380 Å². The number of fused-ring (bicyclic) bond motifs is 1. The van der Waals surface area contributed by atoms with Gasteiger partial charge in [0.25, 0.3) is 0 Å². The van der Waals surface area contributed by atoms with Crippen LogP contribution in [0.1, 0.15) is 59.1 Å². The Balaban J connectivity index is 0.00000529. The summed E-state index contributed by atoms with van der Waals surface area (Å²) in [6.45, 7) is 13.6. The van der Waals surface area contributed by atoms with Gasteiger partial charge in [0.15, 0.2) is 0 Å². The molecule has 62 heavy (non-hydrogen) atoms. The molecule has 0 saturated carbocycles. The molecular formula is C57H50N3OPt-. The Morgan fingerprint density at radius 3 is 1.84 bits per heavy atom. The molecule has 310 valence electrons. The van der Waals surface area contributed by atoms with Crippen LogP contribution in [0.5, 0.6) is 5.75 Å². The van der Waals surface area contributed by atoms with Crippen molar-refractivity contribution in [2.75, 3.05) is 0 Å². The monoisotopic (exact) mass is 987 g/mol. The van der Waals surface area contributed by atoms with Crippen LogP contribution in [0.25, 0.3) is 83.9 Å². The summed E-state index contributed by atoms with van der Waals surface area (Å²) in [5.74, 6) is 0.843. The zero-order valence-electron chi connectivity index (χ0n) is 36.1. The van der Waals surface area contributed by atoms with Gasteiger partial charge in [-0.3, -0.25) is 9.55 Å². The molecule has 0 atom stereocenters. The smallest absolute Gasteiger partial charge is 0.148 e. The van der Waals surface area contributed by atoms with Crippen LogP contribution in [-0.2, 0) is 31.9 Å². The number of imidazole rings is 1. The molecule has 9 rings (SSSR count). The Hall–Kier alpha value is -6.35. The van der Waals surface area contributed by atoms with Gasteiger partial charge in [-0.2, -0.15) is 0 Å². The number of pyridine rings is 1. The molecule has 0 unspecified atom stereocenters. The number of hydrogen-bond acceptors (Lipinski definition) is 3. The van der Waals surface area contributed by atoms with Gasteiger partial charge in [-0.1, -0.05) is 174 Å². The largest absolute Gasteiger partial charge is 0.507 e. The number of aromatic hydroxyl groups is 1. The quantitative estimate of drug-likeness (QED) is 0.147. The third-order valence-electron chi connectivity index (χ3n) is 12.2. The molecule has 2 heterocycles. The number of nitrogens with zero attached hydrogens (tertiary/aromatic N) is 3. The van der Waals surface area contributed by atoms with Crippen LogP contribution in [0.15, 0.2) is 176 Å². The van der Waals surface area contributed by atoms with E-state index in [2.05, 4.69) is 192 Å². The molecule has 7 aromatic carbocycles. The summed E-state index contributed by atoms with van der Waals surface area (Å²) < 4.78 is 2.22. The number of aromatic nitrogens is 3. The van der Waals surface area contributed by atoms with Crippen LogP contribution < -0.4 is 0 Å². The minimum atomic E-state index is -0.156. The van der Waals surface area contributed by atoms with Crippen molar-refractivity contribution < 1.29 is 26.2 Å². The van der Waals surface area contributed by atoms with E-state index in [1.807, 2.05) is 30.5 Å². The zero-order chi connectivity index (χ0) is 42.3. The average molecular weight is 988 g/mol. The molecule has 0 aliphatic carbocycles. The molecule has 9 aromatic rings. The third-order valence-corrected chi connectivity index (χ3v) is 12.2. The van der Waals surface area contributed by atoms with E-state index in [-0.39, 0.29) is 37.6 Å². The van der Waals surface area contributed by atoms with E-state index >= 15 is 0 Å². The molecule has 0 aliphatic heterocycles. The summed E-state index contributed by atoms with van der Waals surface area (Å²) in [5.41, 5.74) is 16.2. The van der Waals surface area contributed by atoms with E-state index in [0.29, 0.717) is 11.4 Å². The normalized spacial score (nSPS) is 11.7. The van der Waals surface area contributed by atoms with E-state index in [1.165, 1.54) is 22.3 Å². The van der Waals surface area contributed by atoms with Crippen LogP contribution in [0, 0.1) is 6.07 Å². The molecule has 0 amide bonds. The van der Waals surface area contributed by atoms with Gasteiger partial charge in [0.1, 0.15) is 11.6 Å². The van der Waals surface area contributed by atoms with Crippen LogP contribution in [0.4, 0.5) is 0 Å². The Bertz CT molecular complexity index is 3020. The van der Waals surface area contributed by atoms with Crippen molar-refractivity contribution >= 4 is 11.0 Å². The Morgan fingerprint density at radius 1 is 0.548 bits per heavy atom. The second kappa shape index (κ2) is 17.2. The summed E-state index contributed by atoms with van der Waals surface area (Å²) in [7, 11) is 0. The Morgan fingerprint density at radius 2 is 1.16 bits per heavy atom. The second-order valence-corrected chi connectivity index (χ2v) is 17.6. The van der Waals surface area contributed by atoms with Gasteiger partial charge < -0.3 is 5.11 Å². The summed E-state index contributed by atoms with van der Waals surface area (Å²) >= 11 is 0. The number of phenolic OH excluding ortho intramolecular Hbond substituents is 1. The summed E-state index contributed by atoms with van der Waals surface area (Å²) in [5, 5.41) is 11.4. The molecule has 1 N–H and O–H groups in total. The van der Waals surface area contributed by atoms with Crippen LogP contribution in [-0.4, -0.2) is 19.6 Å². The van der Waals surface area contributed by atoms with Gasteiger partial charge in [0.05, 0.1) is 22.3 Å². The zero-order valence-corrected chi connectivity index (χ0v) is 38.3. The predicted molar refractivity (Wildman–Crippen MR) is 254 cm³/mol. The minimum Gasteiger partial charge on any atom is -0.507 e. The SMILES string of the molecule is CCC(C)(C)c1ccc(-n2c(-c3ccccc3O)nc3c(-c4[c-]c(-c5cc(-c6ccc(-c7ccccc7)cc6)ccn5)cc(C(C)(C)C)c4)cccc32)c(-c2ccccc2)c1.[Pt]. The maximum atomic E-state index is 11.4. The first kappa shape index (κ1) is 42.3. The van der Waals surface area contributed by atoms with E-state index < -0.39 is 0 Å². The number of rotatable bonds is 9. The molecule has 0 spiro atoms. The summed E-state index contributed by atoms with van der Waals surface area (Å²) in [4.78, 5) is 10.4. The van der Waals surface area contributed by atoms with Crippen molar-refractivity contribution in [3.63, 3.8) is 0 Å². The molecule has 2 aromatic heterocycles. The predicted octanol–water partition coefficient (Wildman–Crippen LogP) is 14.9. The molecule has 5 heteroatoms. The Kier molecular flexibility index (Phi) is 11.7. The van der Waals surface area contributed by atoms with E-state index in [1.54, 1.807) is 6.07 Å². The second-order valence-electron chi connectivity index (χ2n) is 17.6. The van der Waals surface area contributed by atoms with Gasteiger partial charge in [-0.15, -0.1) is 29.3 Å². The molecule has 0 aliphatic rings. The number of para-hydroxylation sites is 2. The standard InChI is InChI=1S/C57H50N3O.Pt/c1-7-57(5,6)45-29-30-51(49(37-45)41-19-12-9-13-20-41)60-52-23-16-22-47(54(52)59-55(60)48-21-14-15-24-53(48)61)43-33-44(35-46(34-43)56(2,3)4)50-36-42(31-32-58-50)40-27-25-39(26-28-40)38-17-10-8-11-18-38;/h8-32,34-37,61H,7H2,1-6H3;/q-1;. The molecular weight excluding hydrogens is 938 g/mol. The van der Waals surface area contributed by atoms with Gasteiger partial charge in [-0.25, -0.2) is 4.98 Å². The fourth-order valence-corrected chi connectivity index (χ4v) is 8.14. The molecule has 0 fully saturated rings. The van der Waals surface area contributed by atoms with Crippen molar-refractivity contribution in [3.05, 3.63) is 193 Å². The maximum absolute atomic E-state index is 11.4. The van der Waals surface area contributed by atoms with Gasteiger partial charge >= 0.3 is 0 Å².